The summed E-state index contributed by atoms with van der Waals surface area (Å²) >= 11 is 0. The summed E-state index contributed by atoms with van der Waals surface area (Å²) in [5.74, 6) is -0.318. The number of anilines is 2. The van der Waals surface area contributed by atoms with Gasteiger partial charge in [0.15, 0.2) is 0 Å². The number of rotatable bonds is 5. The van der Waals surface area contributed by atoms with Crippen LogP contribution in [0.2, 0.25) is 0 Å². The fraction of sp³-hybridized carbons (Fsp3) is 0.143. The average Bonchev–Trinajstić information content (AvgIpc) is 2.64. The van der Waals surface area contributed by atoms with Crippen molar-refractivity contribution < 1.29 is 13.2 Å². The predicted octanol–water partition coefficient (Wildman–Crippen LogP) is 4.06. The molecule has 0 saturated heterocycles. The van der Waals surface area contributed by atoms with Gasteiger partial charge >= 0.3 is 0 Å². The minimum atomic E-state index is -3.73. The lowest BCUT2D eigenvalue weighted by Gasteiger charge is -2.11. The number of amides is 1. The number of carbonyl (C=O) groups excluding carboxylic acids is 1. The molecule has 0 aliphatic carbocycles. The molecule has 0 atom stereocenters. The van der Waals surface area contributed by atoms with Gasteiger partial charge in [-0.05, 0) is 74.4 Å². The summed E-state index contributed by atoms with van der Waals surface area (Å²) in [4.78, 5) is 16.6. The van der Waals surface area contributed by atoms with E-state index in [-0.39, 0.29) is 10.8 Å². The van der Waals surface area contributed by atoms with Crippen LogP contribution in [0, 0.1) is 20.8 Å². The monoisotopic (exact) mass is 395 g/mol. The van der Waals surface area contributed by atoms with Gasteiger partial charge in [0.05, 0.1) is 16.1 Å². The Morgan fingerprint density at radius 3 is 2.32 bits per heavy atom. The number of pyridine rings is 1. The molecule has 1 amide bonds. The van der Waals surface area contributed by atoms with Crippen molar-refractivity contribution in [2.75, 3.05) is 10.0 Å². The van der Waals surface area contributed by atoms with Crippen LogP contribution in [0.15, 0.2) is 65.7 Å². The summed E-state index contributed by atoms with van der Waals surface area (Å²) in [5.41, 5.74) is 4.00. The Hall–Kier alpha value is -3.19. The van der Waals surface area contributed by atoms with Gasteiger partial charge in [0.25, 0.3) is 15.9 Å². The lowest BCUT2D eigenvalue weighted by Crippen LogP contribution is -2.15. The summed E-state index contributed by atoms with van der Waals surface area (Å²) in [7, 11) is -3.73. The first-order valence-corrected chi connectivity index (χ1v) is 10.2. The van der Waals surface area contributed by atoms with Gasteiger partial charge in [-0.2, -0.15) is 0 Å². The molecule has 0 unspecified atom stereocenters. The summed E-state index contributed by atoms with van der Waals surface area (Å²) in [6, 6.07) is 15.0. The third-order valence-corrected chi connectivity index (χ3v) is 5.71. The van der Waals surface area contributed by atoms with Crippen molar-refractivity contribution in [3.05, 3.63) is 83.2 Å². The second kappa shape index (κ2) is 7.82. The molecule has 0 radical (unpaired) electrons. The SMILES string of the molecule is Cc1ccc(C(=O)Nc2cccc(NS(=O)(=O)c3ccc(C)c(C)c3)c2)cn1. The van der Waals surface area contributed by atoms with E-state index in [9.17, 15) is 13.2 Å². The van der Waals surface area contributed by atoms with E-state index in [1.54, 1.807) is 54.6 Å². The lowest BCUT2D eigenvalue weighted by molar-refractivity contribution is 0.102. The molecule has 0 aliphatic heterocycles. The molecule has 2 aromatic carbocycles. The first-order valence-electron chi connectivity index (χ1n) is 8.69. The van der Waals surface area contributed by atoms with Crippen LogP contribution >= 0.6 is 0 Å². The van der Waals surface area contributed by atoms with Gasteiger partial charge in [-0.15, -0.1) is 0 Å². The Morgan fingerprint density at radius 2 is 1.64 bits per heavy atom. The Bertz CT molecular complexity index is 1120. The van der Waals surface area contributed by atoms with Crippen molar-refractivity contribution in [1.29, 1.82) is 0 Å². The normalized spacial score (nSPS) is 11.1. The first kappa shape index (κ1) is 19.6. The van der Waals surface area contributed by atoms with Crippen molar-refractivity contribution in [1.82, 2.24) is 4.98 Å². The van der Waals surface area contributed by atoms with Crippen LogP contribution in [0.3, 0.4) is 0 Å². The van der Waals surface area contributed by atoms with E-state index in [0.29, 0.717) is 16.9 Å². The van der Waals surface area contributed by atoms with Crippen LogP contribution in [0.25, 0.3) is 0 Å². The van der Waals surface area contributed by atoms with Gasteiger partial charge in [-0.1, -0.05) is 12.1 Å². The maximum Gasteiger partial charge on any atom is 0.261 e. The summed E-state index contributed by atoms with van der Waals surface area (Å²) in [6.45, 7) is 5.63. The Labute approximate surface area is 164 Å². The molecular formula is C21H21N3O3S. The number of sulfonamides is 1. The third kappa shape index (κ3) is 4.55. The second-order valence-corrected chi connectivity index (χ2v) is 8.26. The second-order valence-electron chi connectivity index (χ2n) is 6.57. The summed E-state index contributed by atoms with van der Waals surface area (Å²) in [6.07, 6.45) is 1.50. The van der Waals surface area contributed by atoms with E-state index in [1.807, 2.05) is 20.8 Å². The van der Waals surface area contributed by atoms with Crippen LogP contribution in [0.1, 0.15) is 27.2 Å². The van der Waals surface area contributed by atoms with E-state index < -0.39 is 10.0 Å². The highest BCUT2D eigenvalue weighted by molar-refractivity contribution is 7.92. The highest BCUT2D eigenvalue weighted by Gasteiger charge is 2.15. The summed E-state index contributed by atoms with van der Waals surface area (Å²) < 4.78 is 27.8. The molecule has 3 aromatic rings. The Balaban J connectivity index is 1.78. The number of aryl methyl sites for hydroxylation is 3. The number of carbonyl (C=O) groups is 1. The number of hydrogen-bond donors (Lipinski definition) is 2. The third-order valence-electron chi connectivity index (χ3n) is 4.33. The van der Waals surface area contributed by atoms with Crippen LogP contribution in [-0.4, -0.2) is 19.3 Å². The molecule has 6 nitrogen and oxygen atoms in total. The molecule has 0 aliphatic rings. The predicted molar refractivity (Wildman–Crippen MR) is 110 cm³/mol. The Kier molecular flexibility index (Phi) is 5.46. The van der Waals surface area contributed by atoms with Gasteiger partial charge < -0.3 is 5.32 Å². The van der Waals surface area contributed by atoms with Crippen LogP contribution in [-0.2, 0) is 10.0 Å². The zero-order chi connectivity index (χ0) is 20.3. The van der Waals surface area contributed by atoms with E-state index >= 15 is 0 Å². The van der Waals surface area contributed by atoms with Crippen molar-refractivity contribution in [3.63, 3.8) is 0 Å². The van der Waals surface area contributed by atoms with E-state index in [1.165, 1.54) is 6.20 Å². The van der Waals surface area contributed by atoms with Crippen LogP contribution < -0.4 is 10.0 Å². The van der Waals surface area contributed by atoms with Gasteiger partial charge in [0, 0.05) is 17.6 Å². The molecule has 0 fully saturated rings. The first-order chi connectivity index (χ1) is 13.2. The van der Waals surface area contributed by atoms with Gasteiger partial charge in [0.2, 0.25) is 0 Å². The smallest absolute Gasteiger partial charge is 0.261 e. The number of aromatic nitrogens is 1. The van der Waals surface area contributed by atoms with Gasteiger partial charge in [0.1, 0.15) is 0 Å². The molecule has 0 bridgehead atoms. The summed E-state index contributed by atoms with van der Waals surface area (Å²) in [5, 5.41) is 2.75. The molecule has 1 aromatic heterocycles. The fourth-order valence-electron chi connectivity index (χ4n) is 2.56. The quantitative estimate of drug-likeness (QED) is 0.682. The lowest BCUT2D eigenvalue weighted by atomic mass is 10.1. The van der Waals surface area contributed by atoms with Crippen molar-refractivity contribution in [3.8, 4) is 0 Å². The minimum Gasteiger partial charge on any atom is -0.322 e. The molecule has 2 N–H and O–H groups in total. The van der Waals surface area contributed by atoms with Gasteiger partial charge in [-0.3, -0.25) is 14.5 Å². The molecule has 1 heterocycles. The van der Waals surface area contributed by atoms with Gasteiger partial charge in [-0.25, -0.2) is 8.42 Å². The molecule has 0 saturated carbocycles. The van der Waals surface area contributed by atoms with Crippen LogP contribution in [0.4, 0.5) is 11.4 Å². The molecule has 3 rings (SSSR count). The maximum atomic E-state index is 12.6. The Morgan fingerprint density at radius 1 is 0.893 bits per heavy atom. The van der Waals surface area contributed by atoms with E-state index in [0.717, 1.165) is 16.8 Å². The average molecular weight is 395 g/mol. The molecule has 28 heavy (non-hydrogen) atoms. The van der Waals surface area contributed by atoms with Crippen molar-refractivity contribution in [2.45, 2.75) is 25.7 Å². The minimum absolute atomic E-state index is 0.191. The largest absolute Gasteiger partial charge is 0.322 e. The topological polar surface area (TPSA) is 88.2 Å². The zero-order valence-electron chi connectivity index (χ0n) is 15.9. The van der Waals surface area contributed by atoms with E-state index in [4.69, 9.17) is 0 Å². The highest BCUT2D eigenvalue weighted by atomic mass is 32.2. The maximum absolute atomic E-state index is 12.6. The molecule has 144 valence electrons. The zero-order valence-corrected chi connectivity index (χ0v) is 16.7. The van der Waals surface area contributed by atoms with E-state index in [2.05, 4.69) is 15.0 Å². The molecular weight excluding hydrogens is 374 g/mol. The highest BCUT2D eigenvalue weighted by Crippen LogP contribution is 2.21. The van der Waals surface area contributed by atoms with Crippen molar-refractivity contribution >= 4 is 27.3 Å². The molecule has 0 spiro atoms. The standard InChI is InChI=1S/C21H21N3O3S/c1-14-7-10-20(11-15(14)2)28(26,27)24-19-6-4-5-18(12-19)23-21(25)17-9-8-16(3)22-13-17/h4-13,24H,1-3H3,(H,23,25). The number of nitrogens with zero attached hydrogens (tertiary/aromatic N) is 1. The number of hydrogen-bond acceptors (Lipinski definition) is 4. The molecule has 7 heteroatoms. The van der Waals surface area contributed by atoms with Crippen molar-refractivity contribution in [2.24, 2.45) is 0 Å². The number of nitrogens with one attached hydrogen (secondary N) is 2. The number of benzene rings is 2. The van der Waals surface area contributed by atoms with Crippen LogP contribution in [0.5, 0.6) is 0 Å². The fourth-order valence-corrected chi connectivity index (χ4v) is 3.70.